The number of aliphatic hydroxyl groups is 1. The first-order valence-electron chi connectivity index (χ1n) is 6.69. The van der Waals surface area contributed by atoms with Gasteiger partial charge in [0.05, 0.1) is 6.61 Å². The fourth-order valence-electron chi connectivity index (χ4n) is 2.75. The molecule has 1 aliphatic rings. The summed E-state index contributed by atoms with van der Waals surface area (Å²) in [5.74, 6) is 0.0477. The second-order valence-corrected chi connectivity index (χ2v) is 5.08. The van der Waals surface area contributed by atoms with Crippen LogP contribution in [0.1, 0.15) is 41.9 Å². The van der Waals surface area contributed by atoms with E-state index in [9.17, 15) is 4.79 Å². The van der Waals surface area contributed by atoms with E-state index in [1.807, 2.05) is 35.6 Å². The van der Waals surface area contributed by atoms with Gasteiger partial charge in [0.2, 0.25) is 0 Å². The van der Waals surface area contributed by atoms with Crippen molar-refractivity contribution < 1.29 is 9.90 Å². The van der Waals surface area contributed by atoms with Crippen LogP contribution in [0.3, 0.4) is 0 Å². The zero-order valence-corrected chi connectivity index (χ0v) is 11.2. The van der Waals surface area contributed by atoms with E-state index in [2.05, 4.69) is 0 Å². The van der Waals surface area contributed by atoms with Gasteiger partial charge in [-0.2, -0.15) is 0 Å². The van der Waals surface area contributed by atoms with E-state index in [1.165, 1.54) is 12.8 Å². The fourth-order valence-corrected chi connectivity index (χ4v) is 2.75. The quantitative estimate of drug-likeness (QED) is 0.884. The number of rotatable bonds is 4. The highest BCUT2D eigenvalue weighted by Crippen LogP contribution is 2.25. The predicted molar refractivity (Wildman–Crippen MR) is 70.5 cm³/mol. The summed E-state index contributed by atoms with van der Waals surface area (Å²) in [4.78, 5) is 14.4. The van der Waals surface area contributed by atoms with E-state index < -0.39 is 0 Å². The molecule has 0 bridgehead atoms. The van der Waals surface area contributed by atoms with Crippen molar-refractivity contribution in [3.63, 3.8) is 0 Å². The summed E-state index contributed by atoms with van der Waals surface area (Å²) < 4.78 is 1.92. The molecule has 1 aromatic heterocycles. The Kier molecular flexibility index (Phi) is 4.07. The lowest BCUT2D eigenvalue weighted by molar-refractivity contribution is 0.0628. The molecule has 100 valence electrons. The smallest absolute Gasteiger partial charge is 0.270 e. The third kappa shape index (κ3) is 2.43. The summed E-state index contributed by atoms with van der Waals surface area (Å²) in [7, 11) is 1.91. The minimum Gasteiger partial charge on any atom is -0.395 e. The van der Waals surface area contributed by atoms with Gasteiger partial charge in [0, 0.05) is 25.3 Å². The van der Waals surface area contributed by atoms with Crippen molar-refractivity contribution in [3.8, 4) is 0 Å². The average Bonchev–Trinajstić information content (AvgIpc) is 2.98. The van der Waals surface area contributed by atoms with E-state index in [0.29, 0.717) is 18.3 Å². The maximum atomic E-state index is 12.5. The summed E-state index contributed by atoms with van der Waals surface area (Å²) in [6.07, 6.45) is 4.50. The highest BCUT2D eigenvalue weighted by molar-refractivity contribution is 5.93. The zero-order chi connectivity index (χ0) is 13.1. The van der Waals surface area contributed by atoms with Gasteiger partial charge in [0.25, 0.3) is 5.91 Å². The van der Waals surface area contributed by atoms with Crippen molar-refractivity contribution in [2.75, 3.05) is 13.2 Å². The number of hydrogen-bond donors (Lipinski definition) is 1. The van der Waals surface area contributed by atoms with Gasteiger partial charge in [-0.05, 0) is 31.9 Å². The van der Waals surface area contributed by atoms with Gasteiger partial charge >= 0.3 is 0 Å². The van der Waals surface area contributed by atoms with E-state index >= 15 is 0 Å². The van der Waals surface area contributed by atoms with Crippen LogP contribution < -0.4 is 0 Å². The molecule has 0 atom stereocenters. The number of aryl methyl sites for hydroxylation is 1. The van der Waals surface area contributed by atoms with Crippen LogP contribution >= 0.6 is 0 Å². The fraction of sp³-hybridized carbons (Fsp3) is 0.643. The maximum Gasteiger partial charge on any atom is 0.270 e. The Labute approximate surface area is 108 Å². The van der Waals surface area contributed by atoms with Crippen molar-refractivity contribution >= 4 is 5.91 Å². The van der Waals surface area contributed by atoms with Crippen molar-refractivity contribution in [1.29, 1.82) is 0 Å². The molecule has 1 fully saturated rings. The second-order valence-electron chi connectivity index (χ2n) is 5.08. The summed E-state index contributed by atoms with van der Waals surface area (Å²) >= 11 is 0. The molecule has 18 heavy (non-hydrogen) atoms. The largest absolute Gasteiger partial charge is 0.395 e. The first-order valence-corrected chi connectivity index (χ1v) is 6.69. The van der Waals surface area contributed by atoms with Gasteiger partial charge < -0.3 is 14.6 Å². The van der Waals surface area contributed by atoms with Crippen LogP contribution in [0.5, 0.6) is 0 Å². The Balaban J connectivity index is 2.19. The minimum absolute atomic E-state index is 0.0334. The predicted octanol–water partition coefficient (Wildman–Crippen LogP) is 1.71. The third-order valence-corrected chi connectivity index (χ3v) is 3.96. The van der Waals surface area contributed by atoms with Gasteiger partial charge in [-0.3, -0.25) is 4.79 Å². The lowest BCUT2D eigenvalue weighted by Crippen LogP contribution is -2.41. The third-order valence-electron chi connectivity index (χ3n) is 3.96. The lowest BCUT2D eigenvalue weighted by Gasteiger charge is -2.28. The molecule has 0 spiro atoms. The van der Waals surface area contributed by atoms with Crippen molar-refractivity contribution in [2.45, 2.75) is 38.6 Å². The summed E-state index contributed by atoms with van der Waals surface area (Å²) in [6.45, 7) is 2.46. The monoisotopic (exact) mass is 250 g/mol. The molecule has 0 unspecified atom stereocenters. The molecule has 1 saturated carbocycles. The van der Waals surface area contributed by atoms with Crippen molar-refractivity contribution in [3.05, 3.63) is 23.5 Å². The van der Waals surface area contributed by atoms with Crippen LogP contribution in [0.25, 0.3) is 0 Å². The van der Waals surface area contributed by atoms with Crippen LogP contribution in [0.15, 0.2) is 12.1 Å². The van der Waals surface area contributed by atoms with Crippen LogP contribution in [0.4, 0.5) is 0 Å². The first-order chi connectivity index (χ1) is 8.65. The van der Waals surface area contributed by atoms with E-state index in [4.69, 9.17) is 5.11 Å². The van der Waals surface area contributed by atoms with Crippen molar-refractivity contribution in [1.82, 2.24) is 9.47 Å². The molecule has 0 aliphatic heterocycles. The number of amides is 1. The minimum atomic E-state index is 0.0334. The summed E-state index contributed by atoms with van der Waals surface area (Å²) in [5, 5.41) is 9.17. The van der Waals surface area contributed by atoms with Gasteiger partial charge in [-0.1, -0.05) is 12.8 Å². The molecule has 4 heteroatoms. The number of aromatic nitrogens is 1. The summed E-state index contributed by atoms with van der Waals surface area (Å²) in [6, 6.07) is 4.13. The molecule has 2 rings (SSSR count). The van der Waals surface area contributed by atoms with E-state index in [1.54, 1.807) is 0 Å². The molecule has 1 N–H and O–H groups in total. The summed E-state index contributed by atoms with van der Waals surface area (Å²) in [5.41, 5.74) is 1.79. The number of hydrogen-bond acceptors (Lipinski definition) is 2. The van der Waals surface area contributed by atoms with E-state index in [-0.39, 0.29) is 12.5 Å². The zero-order valence-electron chi connectivity index (χ0n) is 11.2. The molecule has 0 saturated heterocycles. The van der Waals surface area contributed by atoms with Gasteiger partial charge in [0.15, 0.2) is 0 Å². The van der Waals surface area contributed by atoms with Crippen LogP contribution in [-0.4, -0.2) is 39.7 Å². The first kappa shape index (κ1) is 13.1. The lowest BCUT2D eigenvalue weighted by atomic mass is 10.2. The Hall–Kier alpha value is -1.29. The Bertz CT molecular complexity index is 419. The molecule has 1 aliphatic carbocycles. The average molecular weight is 250 g/mol. The molecular formula is C14H22N2O2. The molecule has 1 aromatic rings. The number of carbonyl (C=O) groups is 1. The van der Waals surface area contributed by atoms with Crippen molar-refractivity contribution in [2.24, 2.45) is 7.05 Å². The van der Waals surface area contributed by atoms with Crippen LogP contribution in [0.2, 0.25) is 0 Å². The Morgan fingerprint density at radius 2 is 2.11 bits per heavy atom. The van der Waals surface area contributed by atoms with Gasteiger partial charge in [-0.25, -0.2) is 0 Å². The number of aliphatic hydroxyl groups excluding tert-OH is 1. The van der Waals surface area contributed by atoms with Crippen LogP contribution in [-0.2, 0) is 7.05 Å². The second kappa shape index (κ2) is 5.57. The molecule has 0 aromatic carbocycles. The van der Waals surface area contributed by atoms with Gasteiger partial charge in [-0.15, -0.1) is 0 Å². The highest BCUT2D eigenvalue weighted by atomic mass is 16.3. The molecule has 1 amide bonds. The Morgan fingerprint density at radius 1 is 1.44 bits per heavy atom. The SMILES string of the molecule is Cc1ccc(C(=O)N(CCO)C2CCCC2)n1C. The Morgan fingerprint density at radius 3 is 2.61 bits per heavy atom. The van der Waals surface area contributed by atoms with E-state index in [0.717, 1.165) is 18.5 Å². The normalized spacial score (nSPS) is 16.2. The molecule has 4 nitrogen and oxygen atoms in total. The van der Waals surface area contributed by atoms with Crippen LogP contribution in [0, 0.1) is 6.92 Å². The molecular weight excluding hydrogens is 228 g/mol. The molecule has 0 radical (unpaired) electrons. The maximum absolute atomic E-state index is 12.5. The number of carbonyl (C=O) groups excluding carboxylic acids is 1. The van der Waals surface area contributed by atoms with Gasteiger partial charge in [0.1, 0.15) is 5.69 Å². The topological polar surface area (TPSA) is 45.5 Å². The molecule has 1 heterocycles. The standard InChI is InChI=1S/C14H22N2O2/c1-11-7-8-13(15(11)2)14(18)16(9-10-17)12-5-3-4-6-12/h7-8,12,17H,3-6,9-10H2,1-2H3. The number of nitrogens with zero attached hydrogens (tertiary/aromatic N) is 2. The highest BCUT2D eigenvalue weighted by Gasteiger charge is 2.28.